The second-order valence-electron chi connectivity index (χ2n) is 5.82. The van der Waals surface area contributed by atoms with Crippen molar-refractivity contribution in [1.82, 2.24) is 20.4 Å². The normalized spacial score (nSPS) is 10.9. The number of nitrogens with one attached hydrogen (secondary N) is 1. The van der Waals surface area contributed by atoms with Crippen molar-refractivity contribution in [2.75, 3.05) is 7.11 Å². The highest BCUT2D eigenvalue weighted by molar-refractivity contribution is 5.88. The Kier molecular flexibility index (Phi) is 4.52. The molecule has 0 saturated heterocycles. The number of rotatable bonds is 6. The molecule has 8 heteroatoms. The monoisotopic (exact) mass is 364 g/mol. The highest BCUT2D eigenvalue weighted by Gasteiger charge is 2.13. The number of ether oxygens (including phenoxy) is 1. The second-order valence-corrected chi connectivity index (χ2v) is 5.82. The molecule has 0 aliphatic heterocycles. The molecular weight excluding hydrogens is 348 g/mol. The first-order chi connectivity index (χ1) is 13.2. The molecule has 0 radical (unpaired) electrons. The number of nitrogens with zero attached hydrogens (tertiary/aromatic N) is 3. The number of carbonyl (C=O) groups is 1. The molecule has 0 atom stereocenters. The molecule has 8 nitrogen and oxygen atoms in total. The van der Waals surface area contributed by atoms with Gasteiger partial charge in [0.25, 0.3) is 0 Å². The van der Waals surface area contributed by atoms with E-state index in [2.05, 4.69) is 20.4 Å². The average Bonchev–Trinajstić information content (AvgIpc) is 3.34. The average molecular weight is 364 g/mol. The maximum Gasteiger partial charge on any atom is 0.246 e. The number of methoxy groups -OCH3 is 1. The summed E-state index contributed by atoms with van der Waals surface area (Å²) in [7, 11) is 1.59. The minimum atomic E-state index is -0.169. The van der Waals surface area contributed by atoms with E-state index in [0.717, 1.165) is 16.5 Å². The van der Waals surface area contributed by atoms with Gasteiger partial charge in [-0.25, -0.2) is 0 Å². The molecule has 1 aromatic carbocycles. The lowest BCUT2D eigenvalue weighted by Crippen LogP contribution is -2.24. The summed E-state index contributed by atoms with van der Waals surface area (Å²) in [6.45, 7) is 0.153. The van der Waals surface area contributed by atoms with Crippen molar-refractivity contribution in [3.63, 3.8) is 0 Å². The van der Waals surface area contributed by atoms with Crippen molar-refractivity contribution in [3.05, 3.63) is 60.4 Å². The Morgan fingerprint density at radius 3 is 2.89 bits per heavy atom. The standard InChI is InChI=1S/C19H16N4O4/c1-25-14-2-3-15-13(11-26-16(15)9-14)8-17(24)21-10-18-22-19(23-27-18)12-4-6-20-7-5-12/h2-7,9,11H,8,10H2,1H3,(H,21,24). The Bertz CT molecular complexity index is 1070. The summed E-state index contributed by atoms with van der Waals surface area (Å²) in [5.74, 6) is 1.32. The second kappa shape index (κ2) is 7.28. The molecule has 0 spiro atoms. The number of fused-ring (bicyclic) bond motifs is 1. The van der Waals surface area contributed by atoms with Crippen LogP contribution in [0.1, 0.15) is 11.5 Å². The molecule has 0 aliphatic carbocycles. The zero-order chi connectivity index (χ0) is 18.6. The highest BCUT2D eigenvalue weighted by Crippen LogP contribution is 2.25. The van der Waals surface area contributed by atoms with Gasteiger partial charge in [0.1, 0.15) is 11.3 Å². The smallest absolute Gasteiger partial charge is 0.246 e. The Morgan fingerprint density at radius 1 is 1.22 bits per heavy atom. The van der Waals surface area contributed by atoms with Gasteiger partial charge < -0.3 is 19.0 Å². The van der Waals surface area contributed by atoms with Gasteiger partial charge in [-0.05, 0) is 24.3 Å². The van der Waals surface area contributed by atoms with Crippen molar-refractivity contribution >= 4 is 16.9 Å². The van der Waals surface area contributed by atoms with E-state index in [1.165, 1.54) is 0 Å². The maximum atomic E-state index is 12.3. The third kappa shape index (κ3) is 3.64. The van der Waals surface area contributed by atoms with E-state index in [1.807, 2.05) is 12.1 Å². The lowest BCUT2D eigenvalue weighted by atomic mass is 10.1. The predicted octanol–water partition coefficient (Wildman–Crippen LogP) is 2.75. The molecule has 4 rings (SSSR count). The van der Waals surface area contributed by atoms with Crippen LogP contribution < -0.4 is 10.1 Å². The van der Waals surface area contributed by atoms with Crippen LogP contribution in [0.4, 0.5) is 0 Å². The van der Waals surface area contributed by atoms with Crippen LogP contribution in [0.3, 0.4) is 0 Å². The van der Waals surface area contributed by atoms with Crippen LogP contribution in [0.2, 0.25) is 0 Å². The molecular formula is C19H16N4O4. The first kappa shape index (κ1) is 16.8. The van der Waals surface area contributed by atoms with E-state index >= 15 is 0 Å². The van der Waals surface area contributed by atoms with Crippen molar-refractivity contribution in [2.45, 2.75) is 13.0 Å². The van der Waals surface area contributed by atoms with Gasteiger partial charge >= 0.3 is 0 Å². The number of carbonyl (C=O) groups excluding carboxylic acids is 1. The largest absolute Gasteiger partial charge is 0.497 e. The van der Waals surface area contributed by atoms with Gasteiger partial charge in [0, 0.05) is 35.0 Å². The molecule has 0 unspecified atom stereocenters. The van der Waals surface area contributed by atoms with Crippen LogP contribution in [0.15, 0.2) is 57.9 Å². The fourth-order valence-electron chi connectivity index (χ4n) is 2.68. The lowest BCUT2D eigenvalue weighted by molar-refractivity contribution is -0.120. The third-order valence-electron chi connectivity index (χ3n) is 4.06. The van der Waals surface area contributed by atoms with E-state index < -0.39 is 0 Å². The number of furan rings is 1. The summed E-state index contributed by atoms with van der Waals surface area (Å²) in [5.41, 5.74) is 2.27. The topological polar surface area (TPSA) is 103 Å². The minimum absolute atomic E-state index is 0.153. The van der Waals surface area contributed by atoms with E-state index in [9.17, 15) is 4.79 Å². The van der Waals surface area contributed by atoms with Gasteiger partial charge in [-0.15, -0.1) is 0 Å². The van der Waals surface area contributed by atoms with Gasteiger partial charge in [-0.1, -0.05) is 5.16 Å². The van der Waals surface area contributed by atoms with Gasteiger partial charge in [-0.2, -0.15) is 4.98 Å². The van der Waals surface area contributed by atoms with Crippen molar-refractivity contribution in [3.8, 4) is 17.1 Å². The molecule has 136 valence electrons. The summed E-state index contributed by atoms with van der Waals surface area (Å²) in [5, 5.41) is 7.56. The number of pyridine rings is 1. The van der Waals surface area contributed by atoms with E-state index in [-0.39, 0.29) is 18.9 Å². The minimum Gasteiger partial charge on any atom is -0.497 e. The summed E-state index contributed by atoms with van der Waals surface area (Å²) in [6, 6.07) is 9.06. The summed E-state index contributed by atoms with van der Waals surface area (Å²) in [6.07, 6.45) is 5.07. The Labute approximate surface area is 154 Å². The van der Waals surface area contributed by atoms with Crippen molar-refractivity contribution in [2.24, 2.45) is 0 Å². The molecule has 1 N–H and O–H groups in total. The quantitative estimate of drug-likeness (QED) is 0.561. The molecule has 0 bridgehead atoms. The van der Waals surface area contributed by atoms with Crippen LogP contribution in [-0.2, 0) is 17.8 Å². The van der Waals surface area contributed by atoms with Gasteiger partial charge in [0.15, 0.2) is 0 Å². The van der Waals surface area contributed by atoms with Crippen LogP contribution in [0, 0.1) is 0 Å². The molecule has 3 heterocycles. The lowest BCUT2D eigenvalue weighted by Gasteiger charge is -2.02. The van der Waals surface area contributed by atoms with Crippen LogP contribution in [0.25, 0.3) is 22.4 Å². The van der Waals surface area contributed by atoms with Gasteiger partial charge in [-0.3, -0.25) is 9.78 Å². The molecule has 0 saturated carbocycles. The van der Waals surface area contributed by atoms with Crippen molar-refractivity contribution < 1.29 is 18.5 Å². The number of amides is 1. The SMILES string of the molecule is COc1ccc2c(CC(=O)NCc3nc(-c4ccncc4)no3)coc2c1. The van der Waals surface area contributed by atoms with Crippen molar-refractivity contribution in [1.29, 1.82) is 0 Å². The fraction of sp³-hybridized carbons (Fsp3) is 0.158. The Morgan fingerprint density at radius 2 is 2.07 bits per heavy atom. The third-order valence-corrected chi connectivity index (χ3v) is 4.06. The first-order valence-electron chi connectivity index (χ1n) is 8.27. The predicted molar refractivity (Wildman–Crippen MR) is 95.8 cm³/mol. The number of hydrogen-bond donors (Lipinski definition) is 1. The molecule has 1 amide bonds. The Balaban J connectivity index is 1.38. The zero-order valence-corrected chi connectivity index (χ0v) is 14.5. The van der Waals surface area contributed by atoms with E-state index in [0.29, 0.717) is 23.0 Å². The maximum absolute atomic E-state index is 12.3. The molecule has 0 aliphatic rings. The highest BCUT2D eigenvalue weighted by atomic mass is 16.5. The van der Waals surface area contributed by atoms with Crippen LogP contribution >= 0.6 is 0 Å². The molecule has 4 aromatic rings. The summed E-state index contributed by atoms with van der Waals surface area (Å²) >= 11 is 0. The zero-order valence-electron chi connectivity index (χ0n) is 14.5. The number of hydrogen-bond acceptors (Lipinski definition) is 7. The Hall–Kier alpha value is -3.68. The van der Waals surface area contributed by atoms with Gasteiger partial charge in [0.2, 0.25) is 17.6 Å². The number of benzene rings is 1. The van der Waals surface area contributed by atoms with Gasteiger partial charge in [0.05, 0.1) is 26.3 Å². The fourth-order valence-corrected chi connectivity index (χ4v) is 2.68. The van der Waals surface area contributed by atoms with E-state index in [1.54, 1.807) is 44.0 Å². The molecule has 0 fully saturated rings. The summed E-state index contributed by atoms with van der Waals surface area (Å²) < 4.78 is 15.8. The van der Waals surface area contributed by atoms with Crippen LogP contribution in [0.5, 0.6) is 5.75 Å². The summed E-state index contributed by atoms with van der Waals surface area (Å²) in [4.78, 5) is 20.5. The van der Waals surface area contributed by atoms with Crippen LogP contribution in [-0.4, -0.2) is 28.1 Å². The number of aromatic nitrogens is 3. The van der Waals surface area contributed by atoms with E-state index in [4.69, 9.17) is 13.7 Å². The molecule has 3 aromatic heterocycles. The first-order valence-corrected chi connectivity index (χ1v) is 8.27. The molecule has 27 heavy (non-hydrogen) atoms.